The fraction of sp³-hybridized carbons (Fsp3) is 0.375. The first-order valence-electron chi connectivity index (χ1n) is 7.39. The molecule has 0 unspecified atom stereocenters. The summed E-state index contributed by atoms with van der Waals surface area (Å²) in [5.74, 6) is -0.339. The van der Waals surface area contributed by atoms with Crippen LogP contribution in [0.1, 0.15) is 16.1 Å². The molecule has 1 aromatic heterocycles. The molecule has 0 fully saturated rings. The monoisotopic (exact) mass is 347 g/mol. The minimum Gasteiger partial charge on any atom is -0.347 e. The van der Waals surface area contributed by atoms with E-state index in [4.69, 9.17) is 0 Å². The molecule has 0 atom stereocenters. The average molecular weight is 347 g/mol. The highest BCUT2D eigenvalue weighted by atomic mass is 32.2. The van der Waals surface area contributed by atoms with E-state index >= 15 is 0 Å². The van der Waals surface area contributed by atoms with Crippen LogP contribution in [0.3, 0.4) is 0 Å². The molecule has 0 aliphatic carbocycles. The molecule has 2 aromatic rings. The summed E-state index contributed by atoms with van der Waals surface area (Å²) in [4.78, 5) is 28.3. The van der Waals surface area contributed by atoms with E-state index < -0.39 is 0 Å². The predicted molar refractivity (Wildman–Crippen MR) is 92.7 cm³/mol. The van der Waals surface area contributed by atoms with Crippen molar-refractivity contribution in [3.63, 3.8) is 0 Å². The topological polar surface area (TPSA) is 71.3 Å². The molecule has 8 heteroatoms. The van der Waals surface area contributed by atoms with Gasteiger partial charge in [0, 0.05) is 32.6 Å². The first-order chi connectivity index (χ1) is 11.4. The molecule has 1 aromatic carbocycles. The van der Waals surface area contributed by atoms with E-state index in [2.05, 4.69) is 10.3 Å². The van der Waals surface area contributed by atoms with E-state index in [0.29, 0.717) is 6.54 Å². The zero-order chi connectivity index (χ0) is 17.7. The van der Waals surface area contributed by atoms with Gasteiger partial charge < -0.3 is 9.80 Å². The summed E-state index contributed by atoms with van der Waals surface area (Å²) in [6.45, 7) is 0.546. The van der Waals surface area contributed by atoms with Crippen LogP contribution < -0.4 is 0 Å². The molecule has 0 radical (unpaired) electrons. The van der Waals surface area contributed by atoms with E-state index in [9.17, 15) is 9.59 Å². The van der Waals surface area contributed by atoms with E-state index in [1.54, 1.807) is 37.8 Å². The number of hydrogen-bond donors (Lipinski definition) is 0. The summed E-state index contributed by atoms with van der Waals surface area (Å²) in [5, 5.41) is 7.71. The lowest BCUT2D eigenvalue weighted by molar-refractivity contribution is -0.129. The van der Waals surface area contributed by atoms with E-state index in [-0.39, 0.29) is 24.1 Å². The summed E-state index contributed by atoms with van der Waals surface area (Å²) in [7, 11) is 5.05. The van der Waals surface area contributed by atoms with Gasteiger partial charge in [0.25, 0.3) is 5.91 Å². The number of carbonyl (C=O) groups is 2. The molecule has 7 nitrogen and oxygen atoms in total. The normalized spacial score (nSPS) is 10.5. The number of thioether (sulfide) groups is 1. The van der Waals surface area contributed by atoms with Crippen molar-refractivity contribution < 1.29 is 9.59 Å². The lowest BCUT2D eigenvalue weighted by atomic mass is 10.2. The number of amides is 2. The maximum absolute atomic E-state index is 12.4. The van der Waals surface area contributed by atoms with Crippen molar-refractivity contribution in [2.45, 2.75) is 18.0 Å². The highest BCUT2D eigenvalue weighted by molar-refractivity contribution is 7.98. The van der Waals surface area contributed by atoms with Gasteiger partial charge in [-0.3, -0.25) is 9.59 Å². The molecule has 24 heavy (non-hydrogen) atoms. The Morgan fingerprint density at radius 1 is 1.17 bits per heavy atom. The molecule has 128 valence electrons. The van der Waals surface area contributed by atoms with Crippen LogP contribution in [-0.2, 0) is 17.9 Å². The number of rotatable bonds is 6. The van der Waals surface area contributed by atoms with Crippen molar-refractivity contribution in [2.24, 2.45) is 0 Å². The number of carbonyl (C=O) groups excluding carboxylic acids is 2. The van der Waals surface area contributed by atoms with Crippen LogP contribution in [0.5, 0.6) is 0 Å². The number of hydrogen-bond acceptors (Lipinski definition) is 5. The fourth-order valence-electron chi connectivity index (χ4n) is 2.03. The largest absolute Gasteiger partial charge is 0.347 e. The molecular formula is C16H21N5O2S. The van der Waals surface area contributed by atoms with Crippen LogP contribution in [0.15, 0.2) is 35.4 Å². The molecule has 0 spiro atoms. The minimum absolute atomic E-state index is 0.0626. The molecular weight excluding hydrogens is 326 g/mol. The number of likely N-dealkylation sites (N-methyl/N-ethyl adjacent to an activating group) is 1. The Balaban J connectivity index is 1.99. The van der Waals surface area contributed by atoms with Crippen molar-refractivity contribution >= 4 is 23.6 Å². The minimum atomic E-state index is -0.229. The summed E-state index contributed by atoms with van der Waals surface area (Å²) in [6.07, 6.45) is 3.52. The third-order valence-corrected chi connectivity index (χ3v) is 4.22. The van der Waals surface area contributed by atoms with Crippen molar-refractivity contribution in [3.8, 4) is 0 Å². The van der Waals surface area contributed by atoms with Gasteiger partial charge in [-0.05, 0) is 24.0 Å². The number of aromatic nitrogens is 3. The van der Waals surface area contributed by atoms with Gasteiger partial charge in [0.05, 0.1) is 6.20 Å². The summed E-state index contributed by atoms with van der Waals surface area (Å²) < 4.78 is 1.37. The standard InChI is InChI=1S/C16H21N5O2S/c1-19(2)15(22)11-21-10-14(17-18-21)16(23)20(3)9-12-5-7-13(24-4)8-6-12/h5-8,10H,9,11H2,1-4H3. The molecule has 0 aliphatic heterocycles. The average Bonchev–Trinajstić information content (AvgIpc) is 3.03. The van der Waals surface area contributed by atoms with Crippen molar-refractivity contribution in [2.75, 3.05) is 27.4 Å². The van der Waals surface area contributed by atoms with Crippen LogP contribution >= 0.6 is 11.8 Å². The number of nitrogens with zero attached hydrogens (tertiary/aromatic N) is 5. The Labute approximate surface area is 145 Å². The molecule has 1 heterocycles. The van der Waals surface area contributed by atoms with Crippen LogP contribution in [0.2, 0.25) is 0 Å². The maximum atomic E-state index is 12.4. The van der Waals surface area contributed by atoms with Crippen molar-refractivity contribution in [3.05, 3.63) is 41.7 Å². The zero-order valence-electron chi connectivity index (χ0n) is 14.3. The van der Waals surface area contributed by atoms with Crippen LogP contribution in [0, 0.1) is 0 Å². The van der Waals surface area contributed by atoms with Crippen LogP contribution in [0.25, 0.3) is 0 Å². The Morgan fingerprint density at radius 2 is 1.83 bits per heavy atom. The van der Waals surface area contributed by atoms with Crippen molar-refractivity contribution in [1.29, 1.82) is 0 Å². The first-order valence-corrected chi connectivity index (χ1v) is 8.62. The third kappa shape index (κ3) is 4.58. The highest BCUT2D eigenvalue weighted by Crippen LogP contribution is 2.16. The SMILES string of the molecule is CSc1ccc(CN(C)C(=O)c2cn(CC(=O)N(C)C)nn2)cc1. The molecule has 2 amide bonds. The van der Waals surface area contributed by atoms with Gasteiger partial charge >= 0.3 is 0 Å². The molecule has 0 bridgehead atoms. The molecule has 0 saturated carbocycles. The molecule has 2 rings (SSSR count). The number of benzene rings is 1. The van der Waals surface area contributed by atoms with E-state index in [1.165, 1.54) is 20.7 Å². The second-order valence-corrected chi connectivity index (χ2v) is 6.48. The molecule has 0 saturated heterocycles. The Hall–Kier alpha value is -2.35. The molecule has 0 aliphatic rings. The smallest absolute Gasteiger partial charge is 0.276 e. The van der Waals surface area contributed by atoms with Gasteiger partial charge in [0.15, 0.2) is 5.69 Å². The highest BCUT2D eigenvalue weighted by Gasteiger charge is 2.17. The summed E-state index contributed by atoms with van der Waals surface area (Å²) in [5.41, 5.74) is 1.27. The maximum Gasteiger partial charge on any atom is 0.276 e. The van der Waals surface area contributed by atoms with Gasteiger partial charge in [0.1, 0.15) is 6.54 Å². The van der Waals surface area contributed by atoms with Crippen molar-refractivity contribution in [1.82, 2.24) is 24.8 Å². The Bertz CT molecular complexity index is 712. The third-order valence-electron chi connectivity index (χ3n) is 3.48. The van der Waals surface area contributed by atoms with Gasteiger partial charge in [-0.15, -0.1) is 16.9 Å². The molecule has 0 N–H and O–H groups in total. The fourth-order valence-corrected chi connectivity index (χ4v) is 2.43. The van der Waals surface area contributed by atoms with Crippen LogP contribution in [-0.4, -0.2) is 64.0 Å². The lowest BCUT2D eigenvalue weighted by Crippen LogP contribution is -2.27. The quantitative estimate of drug-likeness (QED) is 0.738. The van der Waals surface area contributed by atoms with Gasteiger partial charge in [-0.2, -0.15) is 0 Å². The first kappa shape index (κ1) is 18.0. The summed E-state index contributed by atoms with van der Waals surface area (Å²) >= 11 is 1.68. The Morgan fingerprint density at radius 3 is 2.42 bits per heavy atom. The Kier molecular flexibility index (Phi) is 5.97. The second kappa shape index (κ2) is 7.96. The van der Waals surface area contributed by atoms with Gasteiger partial charge in [-0.25, -0.2) is 4.68 Å². The second-order valence-electron chi connectivity index (χ2n) is 5.60. The van der Waals surface area contributed by atoms with E-state index in [1.807, 2.05) is 30.5 Å². The van der Waals surface area contributed by atoms with E-state index in [0.717, 1.165) is 5.56 Å². The van der Waals surface area contributed by atoms with Crippen LogP contribution in [0.4, 0.5) is 0 Å². The predicted octanol–water partition coefficient (Wildman–Crippen LogP) is 1.36. The van der Waals surface area contributed by atoms with Gasteiger partial charge in [0.2, 0.25) is 5.91 Å². The summed E-state index contributed by atoms with van der Waals surface area (Å²) in [6, 6.07) is 8.06. The van der Waals surface area contributed by atoms with Gasteiger partial charge in [-0.1, -0.05) is 17.3 Å². The zero-order valence-corrected chi connectivity index (χ0v) is 15.1. The lowest BCUT2D eigenvalue weighted by Gasteiger charge is -2.15.